The number of amides is 1. The number of hydrogen-bond donors (Lipinski definition) is 2. The van der Waals surface area contributed by atoms with Gasteiger partial charge in [-0.25, -0.2) is 0 Å². The van der Waals surface area contributed by atoms with Gasteiger partial charge in [0.1, 0.15) is 0 Å². The predicted octanol–water partition coefficient (Wildman–Crippen LogP) is 3.29. The molecule has 3 N–H and O–H groups in total. The van der Waals surface area contributed by atoms with E-state index in [2.05, 4.69) is 37.4 Å². The Bertz CT molecular complexity index is 452. The highest BCUT2D eigenvalue weighted by Gasteiger charge is 2.27. The third-order valence-electron chi connectivity index (χ3n) is 3.49. The van der Waals surface area contributed by atoms with E-state index in [-0.39, 0.29) is 24.4 Å². The van der Waals surface area contributed by atoms with Crippen LogP contribution in [0.15, 0.2) is 18.2 Å². The van der Waals surface area contributed by atoms with Gasteiger partial charge in [0, 0.05) is 6.04 Å². The van der Waals surface area contributed by atoms with Crippen LogP contribution in [0, 0.1) is 13.8 Å². The molecule has 0 fully saturated rings. The van der Waals surface area contributed by atoms with Crippen LogP contribution in [0.4, 0.5) is 0 Å². The zero-order valence-electron chi connectivity index (χ0n) is 13.8. The third-order valence-corrected chi connectivity index (χ3v) is 3.49. The highest BCUT2D eigenvalue weighted by atomic mass is 35.5. The average molecular weight is 313 g/mol. The van der Waals surface area contributed by atoms with Crippen molar-refractivity contribution in [2.45, 2.75) is 65.5 Å². The summed E-state index contributed by atoms with van der Waals surface area (Å²) < 4.78 is 0. The molecule has 0 aliphatic rings. The summed E-state index contributed by atoms with van der Waals surface area (Å²) in [5.41, 5.74) is 9.05. The Labute approximate surface area is 135 Å². The molecule has 4 heteroatoms. The minimum absolute atomic E-state index is 0. The average Bonchev–Trinajstić information content (AvgIpc) is 2.26. The zero-order chi connectivity index (χ0) is 15.3. The minimum atomic E-state index is -0.772. The van der Waals surface area contributed by atoms with Gasteiger partial charge in [0.25, 0.3) is 0 Å². The maximum Gasteiger partial charge on any atom is 0.240 e. The second-order valence-corrected chi connectivity index (χ2v) is 6.24. The SMILES string of the molecule is CCCC(C)(N)C(=O)NC(C)Cc1cc(C)cc(C)c1.Cl. The molecule has 0 aliphatic heterocycles. The first-order valence-electron chi connectivity index (χ1n) is 7.41. The van der Waals surface area contributed by atoms with Gasteiger partial charge in [-0.1, -0.05) is 42.7 Å². The maximum absolute atomic E-state index is 12.2. The molecule has 0 heterocycles. The molecule has 0 bridgehead atoms. The number of nitrogens with two attached hydrogens (primary N) is 1. The van der Waals surface area contributed by atoms with Gasteiger partial charge in [0.15, 0.2) is 0 Å². The predicted molar refractivity (Wildman–Crippen MR) is 92.0 cm³/mol. The fourth-order valence-corrected chi connectivity index (χ4v) is 2.61. The van der Waals surface area contributed by atoms with Crippen molar-refractivity contribution in [1.29, 1.82) is 0 Å². The van der Waals surface area contributed by atoms with E-state index in [9.17, 15) is 4.79 Å². The molecule has 2 unspecified atom stereocenters. The van der Waals surface area contributed by atoms with Crippen molar-refractivity contribution in [3.05, 3.63) is 34.9 Å². The Balaban J connectivity index is 0.00000400. The number of hydrogen-bond acceptors (Lipinski definition) is 2. The van der Waals surface area contributed by atoms with E-state index < -0.39 is 5.54 Å². The summed E-state index contributed by atoms with van der Waals surface area (Å²) in [5.74, 6) is -0.0591. The molecule has 0 saturated heterocycles. The number of benzene rings is 1. The molecule has 0 aromatic heterocycles. The van der Waals surface area contributed by atoms with Crippen LogP contribution in [0.1, 0.15) is 50.3 Å². The van der Waals surface area contributed by atoms with Gasteiger partial charge in [-0.2, -0.15) is 0 Å². The van der Waals surface area contributed by atoms with Crippen molar-refractivity contribution in [3.63, 3.8) is 0 Å². The van der Waals surface area contributed by atoms with Crippen LogP contribution >= 0.6 is 12.4 Å². The van der Waals surface area contributed by atoms with Crippen LogP contribution in [0.2, 0.25) is 0 Å². The molecule has 0 radical (unpaired) electrons. The highest BCUT2D eigenvalue weighted by molar-refractivity contribution is 5.86. The molecular weight excluding hydrogens is 284 g/mol. The van der Waals surface area contributed by atoms with Crippen molar-refractivity contribution < 1.29 is 4.79 Å². The number of rotatable bonds is 6. The number of halogens is 1. The third kappa shape index (κ3) is 6.49. The summed E-state index contributed by atoms with van der Waals surface area (Å²) in [5, 5.41) is 3.03. The zero-order valence-corrected chi connectivity index (χ0v) is 14.6. The van der Waals surface area contributed by atoms with Crippen molar-refractivity contribution >= 4 is 18.3 Å². The fourth-order valence-electron chi connectivity index (χ4n) is 2.61. The van der Waals surface area contributed by atoms with Gasteiger partial charge in [0.05, 0.1) is 5.54 Å². The summed E-state index contributed by atoms with van der Waals surface area (Å²) in [6, 6.07) is 6.58. The summed E-state index contributed by atoms with van der Waals surface area (Å²) in [6.45, 7) is 10.1. The topological polar surface area (TPSA) is 55.1 Å². The summed E-state index contributed by atoms with van der Waals surface area (Å²) >= 11 is 0. The Kier molecular flexibility index (Phi) is 7.98. The lowest BCUT2D eigenvalue weighted by atomic mass is 9.95. The lowest BCUT2D eigenvalue weighted by molar-refractivity contribution is -0.126. The van der Waals surface area contributed by atoms with Crippen molar-refractivity contribution in [2.24, 2.45) is 5.73 Å². The minimum Gasteiger partial charge on any atom is -0.352 e. The molecule has 120 valence electrons. The number of carbonyl (C=O) groups excluding carboxylic acids is 1. The van der Waals surface area contributed by atoms with Crippen LogP contribution < -0.4 is 11.1 Å². The molecule has 21 heavy (non-hydrogen) atoms. The first-order chi connectivity index (χ1) is 9.24. The Morgan fingerprint density at radius 2 is 1.81 bits per heavy atom. The smallest absolute Gasteiger partial charge is 0.240 e. The quantitative estimate of drug-likeness (QED) is 0.847. The van der Waals surface area contributed by atoms with Crippen molar-refractivity contribution in [3.8, 4) is 0 Å². The van der Waals surface area contributed by atoms with Crippen LogP contribution in [0.3, 0.4) is 0 Å². The van der Waals surface area contributed by atoms with E-state index in [4.69, 9.17) is 5.73 Å². The summed E-state index contributed by atoms with van der Waals surface area (Å²) in [7, 11) is 0. The fraction of sp³-hybridized carbons (Fsp3) is 0.588. The van der Waals surface area contributed by atoms with Gasteiger partial charge < -0.3 is 11.1 Å². The molecule has 2 atom stereocenters. The molecule has 3 nitrogen and oxygen atoms in total. The Morgan fingerprint density at radius 3 is 2.29 bits per heavy atom. The van der Waals surface area contributed by atoms with E-state index >= 15 is 0 Å². The van der Waals surface area contributed by atoms with E-state index in [0.29, 0.717) is 6.42 Å². The Morgan fingerprint density at radius 1 is 1.29 bits per heavy atom. The second kappa shape index (κ2) is 8.40. The lowest BCUT2D eigenvalue weighted by Crippen LogP contribution is -2.53. The normalized spacial score (nSPS) is 14.8. The first-order valence-corrected chi connectivity index (χ1v) is 7.41. The van der Waals surface area contributed by atoms with Gasteiger partial charge in [0.2, 0.25) is 5.91 Å². The molecule has 0 saturated carbocycles. The molecule has 0 spiro atoms. The van der Waals surface area contributed by atoms with Gasteiger partial charge in [-0.3, -0.25) is 4.79 Å². The summed E-state index contributed by atoms with van der Waals surface area (Å²) in [4.78, 5) is 12.2. The number of aryl methyl sites for hydroxylation is 2. The van der Waals surface area contributed by atoms with Gasteiger partial charge in [-0.15, -0.1) is 12.4 Å². The van der Waals surface area contributed by atoms with Crippen LogP contribution in [0.5, 0.6) is 0 Å². The second-order valence-electron chi connectivity index (χ2n) is 6.24. The van der Waals surface area contributed by atoms with E-state index in [1.54, 1.807) is 6.92 Å². The molecule has 1 amide bonds. The van der Waals surface area contributed by atoms with E-state index in [1.807, 2.05) is 13.8 Å². The highest BCUT2D eigenvalue weighted by Crippen LogP contribution is 2.12. The van der Waals surface area contributed by atoms with E-state index in [0.717, 1.165) is 12.8 Å². The molecule has 1 aromatic carbocycles. The van der Waals surface area contributed by atoms with Crippen molar-refractivity contribution in [2.75, 3.05) is 0 Å². The first kappa shape index (κ1) is 19.9. The standard InChI is InChI=1S/C17H28N2O.ClH/c1-6-7-17(5,18)16(20)19-14(4)11-15-9-12(2)8-13(3)10-15;/h8-10,14H,6-7,11,18H2,1-5H3,(H,19,20);1H. The molecule has 1 rings (SSSR count). The number of nitrogens with one attached hydrogen (secondary N) is 1. The van der Waals surface area contributed by atoms with Crippen molar-refractivity contribution in [1.82, 2.24) is 5.32 Å². The van der Waals surface area contributed by atoms with Gasteiger partial charge in [-0.05, 0) is 46.1 Å². The Hall–Kier alpha value is -1.06. The maximum atomic E-state index is 12.2. The van der Waals surface area contributed by atoms with E-state index in [1.165, 1.54) is 16.7 Å². The van der Waals surface area contributed by atoms with Crippen LogP contribution in [0.25, 0.3) is 0 Å². The largest absolute Gasteiger partial charge is 0.352 e. The van der Waals surface area contributed by atoms with Crippen LogP contribution in [-0.2, 0) is 11.2 Å². The lowest BCUT2D eigenvalue weighted by Gasteiger charge is -2.25. The summed E-state index contributed by atoms with van der Waals surface area (Å²) in [6.07, 6.45) is 2.44. The number of carbonyl (C=O) groups is 1. The molecule has 1 aromatic rings. The monoisotopic (exact) mass is 312 g/mol. The van der Waals surface area contributed by atoms with Crippen LogP contribution in [-0.4, -0.2) is 17.5 Å². The molecule has 0 aliphatic carbocycles. The van der Waals surface area contributed by atoms with Gasteiger partial charge >= 0.3 is 0 Å². The molecular formula is C17H29ClN2O.